The molecule has 1 heterocycles. The Hall–Kier alpha value is -1.09. The predicted molar refractivity (Wildman–Crippen MR) is 82.9 cm³/mol. The lowest BCUT2D eigenvalue weighted by Gasteiger charge is -2.25. The molecule has 0 radical (unpaired) electrons. The average Bonchev–Trinajstić information content (AvgIpc) is 2.82. The van der Waals surface area contributed by atoms with Crippen LogP contribution < -0.4 is 10.1 Å². The molecule has 1 saturated carbocycles. The fourth-order valence-electron chi connectivity index (χ4n) is 3.27. The number of nitrogens with zero attached hydrogens (tertiary/aromatic N) is 1. The van der Waals surface area contributed by atoms with Crippen LogP contribution in [-0.4, -0.2) is 17.6 Å². The first-order valence-electron chi connectivity index (χ1n) is 7.95. The summed E-state index contributed by atoms with van der Waals surface area (Å²) in [5.74, 6) is 2.46. The molecule has 0 spiro atoms. The van der Waals surface area contributed by atoms with E-state index in [4.69, 9.17) is 4.74 Å². The summed E-state index contributed by atoms with van der Waals surface area (Å²) in [6.07, 6.45) is 7.97. The minimum absolute atomic E-state index is 0.191. The van der Waals surface area contributed by atoms with E-state index in [1.54, 1.807) is 0 Å². The second-order valence-corrected chi connectivity index (χ2v) is 6.33. The smallest absolute Gasteiger partial charge is 0.138 e. The van der Waals surface area contributed by atoms with Gasteiger partial charge in [0.1, 0.15) is 5.75 Å². The SMILES string of the molecule is CCNC(c1cncc(OC(C)C)c1)C1CCC(C)C1. The standard InChI is InChI=1S/C17H28N2O/c1-5-19-17(14-7-6-13(4)8-14)15-9-16(11-18-10-15)20-12(2)3/h9-14,17,19H,5-8H2,1-4H3. The van der Waals surface area contributed by atoms with Crippen molar-refractivity contribution < 1.29 is 4.74 Å². The number of nitrogens with one attached hydrogen (secondary N) is 1. The van der Waals surface area contributed by atoms with Gasteiger partial charge in [0.05, 0.1) is 12.3 Å². The lowest BCUT2D eigenvalue weighted by molar-refractivity contribution is 0.240. The van der Waals surface area contributed by atoms with E-state index in [-0.39, 0.29) is 6.10 Å². The van der Waals surface area contributed by atoms with Gasteiger partial charge in [-0.15, -0.1) is 0 Å². The zero-order valence-corrected chi connectivity index (χ0v) is 13.2. The van der Waals surface area contributed by atoms with Crippen LogP contribution in [0.5, 0.6) is 5.75 Å². The molecular formula is C17H28N2O. The van der Waals surface area contributed by atoms with E-state index < -0.39 is 0 Å². The van der Waals surface area contributed by atoms with Crippen molar-refractivity contribution in [3.8, 4) is 5.75 Å². The van der Waals surface area contributed by atoms with Crippen molar-refractivity contribution in [1.82, 2.24) is 10.3 Å². The Morgan fingerprint density at radius 3 is 2.75 bits per heavy atom. The molecule has 0 aromatic carbocycles. The Bertz CT molecular complexity index is 419. The number of hydrogen-bond acceptors (Lipinski definition) is 3. The predicted octanol–water partition coefficient (Wildman–Crippen LogP) is 3.96. The molecule has 0 bridgehead atoms. The van der Waals surface area contributed by atoms with Crippen LogP contribution in [0.25, 0.3) is 0 Å². The van der Waals surface area contributed by atoms with Gasteiger partial charge in [0.15, 0.2) is 0 Å². The molecule has 1 aliphatic rings. The maximum Gasteiger partial charge on any atom is 0.138 e. The van der Waals surface area contributed by atoms with Crippen LogP contribution in [0.3, 0.4) is 0 Å². The summed E-state index contributed by atoms with van der Waals surface area (Å²) in [5.41, 5.74) is 1.27. The maximum absolute atomic E-state index is 5.78. The highest BCUT2D eigenvalue weighted by Crippen LogP contribution is 2.39. The number of hydrogen-bond donors (Lipinski definition) is 1. The Kier molecular flexibility index (Phi) is 5.41. The molecule has 3 nitrogen and oxygen atoms in total. The van der Waals surface area contributed by atoms with Gasteiger partial charge in [-0.1, -0.05) is 20.3 Å². The highest BCUT2D eigenvalue weighted by Gasteiger charge is 2.29. The summed E-state index contributed by atoms with van der Waals surface area (Å²) in [6, 6.07) is 2.57. The van der Waals surface area contributed by atoms with Crippen LogP contribution in [0.2, 0.25) is 0 Å². The van der Waals surface area contributed by atoms with E-state index >= 15 is 0 Å². The number of pyridine rings is 1. The average molecular weight is 276 g/mol. The van der Waals surface area contributed by atoms with E-state index in [9.17, 15) is 0 Å². The van der Waals surface area contributed by atoms with E-state index in [1.807, 2.05) is 26.2 Å². The van der Waals surface area contributed by atoms with Crippen LogP contribution in [0.4, 0.5) is 0 Å². The number of ether oxygens (including phenoxy) is 1. The lowest BCUT2D eigenvalue weighted by atomic mass is 9.91. The molecule has 3 heteroatoms. The van der Waals surface area contributed by atoms with Crippen LogP contribution in [0, 0.1) is 11.8 Å². The van der Waals surface area contributed by atoms with Crippen molar-refractivity contribution in [1.29, 1.82) is 0 Å². The normalized spacial score (nSPS) is 24.1. The Labute approximate surface area is 123 Å². The molecule has 0 saturated heterocycles. The number of aromatic nitrogens is 1. The van der Waals surface area contributed by atoms with Crippen molar-refractivity contribution >= 4 is 0 Å². The molecule has 3 unspecified atom stereocenters. The summed E-state index contributed by atoms with van der Waals surface area (Å²) < 4.78 is 5.78. The van der Waals surface area contributed by atoms with Crippen LogP contribution >= 0.6 is 0 Å². The third-order valence-electron chi connectivity index (χ3n) is 4.10. The summed E-state index contributed by atoms with van der Waals surface area (Å²) in [7, 11) is 0. The first kappa shape index (κ1) is 15.3. The van der Waals surface area contributed by atoms with E-state index in [0.29, 0.717) is 6.04 Å². The molecule has 1 aliphatic carbocycles. The summed E-state index contributed by atoms with van der Waals surface area (Å²) in [4.78, 5) is 4.37. The topological polar surface area (TPSA) is 34.2 Å². The Morgan fingerprint density at radius 1 is 1.35 bits per heavy atom. The van der Waals surface area contributed by atoms with Gasteiger partial charge in [-0.05, 0) is 56.7 Å². The second kappa shape index (κ2) is 7.07. The van der Waals surface area contributed by atoms with Gasteiger partial charge >= 0.3 is 0 Å². The molecule has 112 valence electrons. The molecule has 20 heavy (non-hydrogen) atoms. The molecule has 2 rings (SSSR count). The molecular weight excluding hydrogens is 248 g/mol. The quantitative estimate of drug-likeness (QED) is 0.854. The van der Waals surface area contributed by atoms with Gasteiger partial charge in [-0.25, -0.2) is 0 Å². The monoisotopic (exact) mass is 276 g/mol. The van der Waals surface area contributed by atoms with E-state index in [1.165, 1.54) is 24.8 Å². The van der Waals surface area contributed by atoms with Gasteiger partial charge in [0.2, 0.25) is 0 Å². The first-order valence-corrected chi connectivity index (χ1v) is 7.95. The fourth-order valence-corrected chi connectivity index (χ4v) is 3.27. The highest BCUT2D eigenvalue weighted by atomic mass is 16.5. The van der Waals surface area contributed by atoms with Gasteiger partial charge < -0.3 is 10.1 Å². The summed E-state index contributed by atoms with van der Waals surface area (Å²) >= 11 is 0. The summed E-state index contributed by atoms with van der Waals surface area (Å²) in [6.45, 7) is 9.62. The van der Waals surface area contributed by atoms with Crippen molar-refractivity contribution in [3.05, 3.63) is 24.0 Å². The van der Waals surface area contributed by atoms with E-state index in [2.05, 4.69) is 30.2 Å². The van der Waals surface area contributed by atoms with Crippen LogP contribution in [0.1, 0.15) is 58.6 Å². The van der Waals surface area contributed by atoms with Gasteiger partial charge in [-0.3, -0.25) is 4.98 Å². The molecule has 3 atom stereocenters. The second-order valence-electron chi connectivity index (χ2n) is 6.33. The minimum Gasteiger partial charge on any atom is -0.489 e. The van der Waals surface area contributed by atoms with Crippen molar-refractivity contribution in [2.75, 3.05) is 6.54 Å². The largest absolute Gasteiger partial charge is 0.489 e. The van der Waals surface area contributed by atoms with Crippen molar-refractivity contribution in [2.45, 2.75) is 59.1 Å². The van der Waals surface area contributed by atoms with Gasteiger partial charge in [0.25, 0.3) is 0 Å². The Balaban J connectivity index is 2.16. The zero-order valence-electron chi connectivity index (χ0n) is 13.2. The van der Waals surface area contributed by atoms with Crippen molar-refractivity contribution in [2.24, 2.45) is 11.8 Å². The first-order chi connectivity index (χ1) is 9.60. The van der Waals surface area contributed by atoms with Crippen molar-refractivity contribution in [3.63, 3.8) is 0 Å². The van der Waals surface area contributed by atoms with Gasteiger partial charge in [-0.2, -0.15) is 0 Å². The molecule has 0 amide bonds. The maximum atomic E-state index is 5.78. The molecule has 1 fully saturated rings. The van der Waals surface area contributed by atoms with Crippen LogP contribution in [-0.2, 0) is 0 Å². The third-order valence-corrected chi connectivity index (χ3v) is 4.10. The molecule has 1 aromatic rings. The lowest BCUT2D eigenvalue weighted by Crippen LogP contribution is -2.27. The fraction of sp³-hybridized carbons (Fsp3) is 0.706. The Morgan fingerprint density at radius 2 is 2.15 bits per heavy atom. The van der Waals surface area contributed by atoms with Crippen LogP contribution in [0.15, 0.2) is 18.5 Å². The molecule has 1 N–H and O–H groups in total. The number of rotatable bonds is 6. The summed E-state index contributed by atoms with van der Waals surface area (Å²) in [5, 5.41) is 3.65. The zero-order chi connectivity index (χ0) is 14.5. The van der Waals surface area contributed by atoms with E-state index in [0.717, 1.165) is 24.1 Å². The molecule has 0 aliphatic heterocycles. The minimum atomic E-state index is 0.191. The van der Waals surface area contributed by atoms with Gasteiger partial charge in [0, 0.05) is 12.2 Å². The third kappa shape index (κ3) is 3.95. The highest BCUT2D eigenvalue weighted by molar-refractivity contribution is 5.27. The molecule has 1 aromatic heterocycles.